The van der Waals surface area contributed by atoms with E-state index in [1.54, 1.807) is 41.9 Å². The van der Waals surface area contributed by atoms with Gasteiger partial charge in [0.25, 0.3) is 0 Å². The summed E-state index contributed by atoms with van der Waals surface area (Å²) in [7, 11) is 2.71. The molecular formula is C51H54BrI5N8O6. The van der Waals surface area contributed by atoms with Crippen molar-refractivity contribution in [3.63, 3.8) is 0 Å². The number of carbonyl (C=O) groups excluding carboxylic acids is 2. The number of alkyl halides is 4. The highest BCUT2D eigenvalue weighted by Gasteiger charge is 2.16. The van der Waals surface area contributed by atoms with Gasteiger partial charge in [0.2, 0.25) is 0 Å². The number of nitrogens with one attached hydrogen (secondary N) is 1. The number of halogens is 6. The zero-order valence-corrected chi connectivity index (χ0v) is 52.1. The number of esters is 2. The summed E-state index contributed by atoms with van der Waals surface area (Å²) in [6.45, 7) is 8.89. The first kappa shape index (κ1) is 63.2. The molecule has 2 aromatic carbocycles. The van der Waals surface area contributed by atoms with Crippen LogP contribution in [0.2, 0.25) is 0 Å². The lowest BCUT2D eigenvalue weighted by Gasteiger charge is -2.07. The van der Waals surface area contributed by atoms with Gasteiger partial charge in [0.15, 0.2) is 0 Å². The fraction of sp³-hybridized carbons (Fsp3) is 0.216. The molecule has 20 heteroatoms. The van der Waals surface area contributed by atoms with E-state index < -0.39 is 0 Å². The molecule has 14 nitrogen and oxygen atoms in total. The molecule has 8 aromatic rings. The highest BCUT2D eigenvalue weighted by Crippen LogP contribution is 2.33. The molecule has 0 bridgehead atoms. The highest BCUT2D eigenvalue weighted by molar-refractivity contribution is 15.0. The van der Waals surface area contributed by atoms with E-state index in [0.29, 0.717) is 13.2 Å². The third-order valence-electron chi connectivity index (χ3n) is 8.74. The van der Waals surface area contributed by atoms with E-state index in [9.17, 15) is 9.59 Å². The Morgan fingerprint density at radius 3 is 1.46 bits per heavy atom. The number of benzene rings is 2. The summed E-state index contributed by atoms with van der Waals surface area (Å²) in [5.41, 5.74) is 9.46. The van der Waals surface area contributed by atoms with E-state index in [2.05, 4.69) is 161 Å². The predicted molar refractivity (Wildman–Crippen MR) is 330 cm³/mol. The number of H-pyrrole nitrogens is 1. The van der Waals surface area contributed by atoms with Crippen LogP contribution in [0.5, 0.6) is 11.5 Å². The maximum absolute atomic E-state index is 11.7. The van der Waals surface area contributed by atoms with Gasteiger partial charge in [-0.25, -0.2) is 0 Å². The van der Waals surface area contributed by atoms with E-state index >= 15 is 0 Å². The number of aromatic amines is 1. The summed E-state index contributed by atoms with van der Waals surface area (Å²) in [5, 5.41) is 12.2. The van der Waals surface area contributed by atoms with Crippen LogP contribution in [0.3, 0.4) is 0 Å². The summed E-state index contributed by atoms with van der Waals surface area (Å²) < 4.78 is 22.9. The number of nitrogens with zero attached hydrogens (tertiary/aromatic N) is 7. The summed E-state index contributed by atoms with van der Waals surface area (Å²) in [5.74, 6) is 0.946. The fourth-order valence-corrected chi connectivity index (χ4v) is 5.90. The summed E-state index contributed by atoms with van der Waals surface area (Å²) in [4.78, 5) is 38.3. The minimum absolute atomic E-state index is 0.0415. The first-order chi connectivity index (χ1) is 34.7. The SMILES string of the molecule is CC.CC.COC(=O)CBr.COC(=O)Cn1cc(-c2ccncc2)c(-c2ccc(OCc3ccccn3)cc2)n1.IC(I)I.II.c1ccc(COc2ccc(-c3[nH]ncc3-c3ccncc3)cc2)nc1. The van der Waals surface area contributed by atoms with Gasteiger partial charge in [0.05, 0.1) is 37.5 Å². The van der Waals surface area contributed by atoms with Gasteiger partial charge in [-0.15, -0.1) is 0 Å². The topological polar surface area (TPSA) is 169 Å². The van der Waals surface area contributed by atoms with Gasteiger partial charge in [-0.3, -0.25) is 39.3 Å². The van der Waals surface area contributed by atoms with Crippen molar-refractivity contribution < 1.29 is 28.5 Å². The molecule has 0 saturated carbocycles. The second kappa shape index (κ2) is 38.7. The number of hydrogen-bond acceptors (Lipinski definition) is 12. The molecule has 0 radical (unpaired) electrons. The van der Waals surface area contributed by atoms with E-state index in [-0.39, 0.29) is 23.8 Å². The van der Waals surface area contributed by atoms with Crippen molar-refractivity contribution >= 4 is 133 Å². The average Bonchev–Trinajstić information content (AvgIpc) is 4.11. The second-order valence-electron chi connectivity index (χ2n) is 13.0. The zero-order chi connectivity index (χ0) is 52.2. The maximum Gasteiger partial charge on any atom is 0.327 e. The lowest BCUT2D eigenvalue weighted by molar-refractivity contribution is -0.141. The maximum atomic E-state index is 11.7. The number of ether oxygens (including phenoxy) is 4. The van der Waals surface area contributed by atoms with Crippen molar-refractivity contribution in [2.75, 3.05) is 19.5 Å². The van der Waals surface area contributed by atoms with Crippen LogP contribution >= 0.6 is 121 Å². The van der Waals surface area contributed by atoms with Gasteiger partial charge in [-0.05, 0) is 108 Å². The van der Waals surface area contributed by atoms with Gasteiger partial charge in [0.1, 0.15) is 42.2 Å². The molecule has 376 valence electrons. The first-order valence-electron chi connectivity index (χ1n) is 21.6. The highest BCUT2D eigenvalue weighted by atomic mass is 128. The Bertz CT molecular complexity index is 2610. The quantitative estimate of drug-likeness (QED) is 0.0660. The molecule has 0 aliphatic rings. The number of methoxy groups -OCH3 is 2. The van der Waals surface area contributed by atoms with Crippen LogP contribution in [-0.2, 0) is 38.8 Å². The number of carbonyl (C=O) groups is 2. The Hall–Kier alpha value is -3.87. The fourth-order valence-electron chi connectivity index (χ4n) is 5.67. The largest absolute Gasteiger partial charge is 0.487 e. The molecule has 6 heterocycles. The molecule has 8 rings (SSSR count). The van der Waals surface area contributed by atoms with E-state index in [1.807, 2.05) is 149 Å². The lowest BCUT2D eigenvalue weighted by Crippen LogP contribution is -2.11. The summed E-state index contributed by atoms with van der Waals surface area (Å²) in [6, 6.07) is 34.9. The van der Waals surface area contributed by atoms with Crippen molar-refractivity contribution in [3.8, 4) is 56.3 Å². The minimum Gasteiger partial charge on any atom is -0.487 e. The Balaban J connectivity index is 0.000000379. The molecular weight excluding hydrogens is 1540 g/mol. The predicted octanol–water partition coefficient (Wildman–Crippen LogP) is 14.8. The van der Waals surface area contributed by atoms with Gasteiger partial charge >= 0.3 is 11.9 Å². The van der Waals surface area contributed by atoms with Gasteiger partial charge in [-0.1, -0.05) is 124 Å². The molecule has 0 aliphatic heterocycles. The van der Waals surface area contributed by atoms with Crippen LogP contribution in [0.25, 0.3) is 44.8 Å². The average molecular weight is 1590 g/mol. The van der Waals surface area contributed by atoms with Gasteiger partial charge in [0, 0.05) is 103 Å². The van der Waals surface area contributed by atoms with E-state index in [4.69, 9.17) is 14.2 Å². The normalized spacial score (nSPS) is 9.59. The molecule has 0 unspecified atom stereocenters. The van der Waals surface area contributed by atoms with Crippen LogP contribution in [0.1, 0.15) is 39.1 Å². The Morgan fingerprint density at radius 1 is 0.606 bits per heavy atom. The smallest absolute Gasteiger partial charge is 0.327 e. The molecule has 0 spiro atoms. The van der Waals surface area contributed by atoms with Crippen LogP contribution in [0.15, 0.2) is 159 Å². The van der Waals surface area contributed by atoms with Crippen molar-refractivity contribution in [1.29, 1.82) is 0 Å². The Morgan fingerprint density at radius 2 is 1.06 bits per heavy atom. The van der Waals surface area contributed by atoms with Crippen LogP contribution < -0.4 is 9.47 Å². The van der Waals surface area contributed by atoms with Crippen molar-refractivity contribution in [2.45, 2.75) is 47.4 Å². The number of hydrogen-bond donors (Lipinski definition) is 1. The molecule has 71 heavy (non-hydrogen) atoms. The monoisotopic (exact) mass is 1590 g/mol. The third kappa shape index (κ3) is 24.1. The van der Waals surface area contributed by atoms with Crippen molar-refractivity contribution in [3.05, 3.63) is 170 Å². The van der Waals surface area contributed by atoms with Gasteiger partial charge < -0.3 is 18.9 Å². The number of pyridine rings is 4. The molecule has 0 atom stereocenters. The second-order valence-corrected chi connectivity index (χ2v) is 24.5. The number of aromatic nitrogens is 8. The Labute approximate surface area is 488 Å². The van der Waals surface area contributed by atoms with Crippen LogP contribution in [0, 0.1) is 0 Å². The third-order valence-corrected chi connectivity index (χ3v) is 9.19. The molecule has 0 aliphatic carbocycles. The zero-order valence-electron chi connectivity index (χ0n) is 39.8. The molecule has 0 saturated heterocycles. The summed E-state index contributed by atoms with van der Waals surface area (Å²) in [6.07, 6.45) is 14.2. The van der Waals surface area contributed by atoms with E-state index in [0.717, 1.165) is 67.6 Å². The van der Waals surface area contributed by atoms with Crippen molar-refractivity contribution in [1.82, 2.24) is 39.9 Å². The van der Waals surface area contributed by atoms with Crippen LogP contribution in [-0.4, -0.2) is 71.3 Å². The molecule has 0 fully saturated rings. The lowest BCUT2D eigenvalue weighted by atomic mass is 10.0. The first-order valence-corrected chi connectivity index (χ1v) is 32.8. The molecule has 0 amide bonds. The van der Waals surface area contributed by atoms with Gasteiger partial charge in [-0.2, -0.15) is 10.2 Å². The van der Waals surface area contributed by atoms with Crippen molar-refractivity contribution in [2.24, 2.45) is 0 Å². The van der Waals surface area contributed by atoms with E-state index in [1.165, 1.54) is 14.2 Å². The van der Waals surface area contributed by atoms with Crippen LogP contribution in [0.4, 0.5) is 0 Å². The Kier molecular flexibility index (Phi) is 34.5. The summed E-state index contributed by atoms with van der Waals surface area (Å²) >= 11 is 14.1. The number of rotatable bonds is 13. The molecule has 1 N–H and O–H groups in total. The minimum atomic E-state index is -0.358. The molecule has 6 aromatic heterocycles. The standard InChI is InChI=1S/C23H20N4O3.C20H16N4O.C3H5BrO2.2C2H6.CHI3.I2/c1-29-22(28)15-27-14-21(17-9-12-24-13-10-17)23(26-27)18-5-7-20(8-6-18)30-16-19-4-2-3-11-25-19;1-2-10-22-17(3-1)14-25-18-6-4-16(5-7-18)20-19(13-23-24-20)15-8-11-21-12-9-15;1-6-3(5)2-4;2*1-2;2-1(3)4;1-2/h2-14H,15-16H2,1H3;1-13H,14H2,(H,23,24);2H2,1H3;2*1-2H3;1H;.